The lowest BCUT2D eigenvalue weighted by Crippen LogP contribution is -2.25. The predicted molar refractivity (Wildman–Crippen MR) is 215 cm³/mol. The van der Waals surface area contributed by atoms with E-state index in [2.05, 4.69) is 109 Å². The Morgan fingerprint density at radius 2 is 0.689 bits per heavy atom. The predicted octanol–water partition coefficient (Wildman–Crippen LogP) is 9.02. The van der Waals surface area contributed by atoms with Crippen LogP contribution in [-0.2, 0) is 19.6 Å². The second-order valence-electron chi connectivity index (χ2n) is 13.3. The van der Waals surface area contributed by atoms with Crippen LogP contribution in [0.4, 0.5) is 0 Å². The number of nitrogens with zero attached hydrogens (tertiary/aromatic N) is 3. The van der Waals surface area contributed by atoms with E-state index in [1.165, 1.54) is 0 Å². The van der Waals surface area contributed by atoms with Crippen molar-refractivity contribution in [1.82, 2.24) is 13.7 Å². The zero-order valence-electron chi connectivity index (χ0n) is 27.5. The third-order valence-corrected chi connectivity index (χ3v) is 10.4. The van der Waals surface area contributed by atoms with Gasteiger partial charge in [-0.3, -0.25) is 14.4 Å². The van der Waals surface area contributed by atoms with Crippen molar-refractivity contribution in [2.45, 2.75) is 81.9 Å². The third-order valence-electron chi connectivity index (χ3n) is 7.82. The average molecular weight is 945 g/mol. The van der Waals surface area contributed by atoms with E-state index < -0.39 is 0 Å². The van der Waals surface area contributed by atoms with Crippen LogP contribution >= 0.6 is 67.8 Å². The molecular weight excluding hydrogens is 903 g/mol. The Balaban J connectivity index is 2.47. The van der Waals surface area contributed by atoms with Crippen LogP contribution in [0.5, 0.6) is 0 Å². The Hall–Kier alpha value is -1.74. The largest absolute Gasteiger partial charge is 0.307 e. The van der Waals surface area contributed by atoms with Crippen molar-refractivity contribution in [2.75, 3.05) is 0 Å². The summed E-state index contributed by atoms with van der Waals surface area (Å²) in [5.74, 6) is 0.657. The molecule has 6 aromatic heterocycles. The monoisotopic (exact) mass is 945 g/mol. The van der Waals surface area contributed by atoms with E-state index in [0.29, 0.717) is 35.8 Å². The first-order valence-corrected chi connectivity index (χ1v) is 18.6. The van der Waals surface area contributed by atoms with Gasteiger partial charge in [0.1, 0.15) is 0 Å². The van der Waals surface area contributed by atoms with Gasteiger partial charge < -0.3 is 13.7 Å². The van der Waals surface area contributed by atoms with E-state index in [1.54, 1.807) is 0 Å². The highest BCUT2D eigenvalue weighted by Crippen LogP contribution is 2.24. The number of halogens is 3. The molecule has 0 spiro atoms. The van der Waals surface area contributed by atoms with Crippen molar-refractivity contribution in [3.63, 3.8) is 0 Å². The van der Waals surface area contributed by atoms with Crippen molar-refractivity contribution in [2.24, 2.45) is 17.8 Å². The molecule has 3 aromatic carbocycles. The van der Waals surface area contributed by atoms with Crippen molar-refractivity contribution < 1.29 is 0 Å². The quantitative estimate of drug-likeness (QED) is 0.182. The molecule has 0 saturated heterocycles. The molecule has 240 valence electrons. The van der Waals surface area contributed by atoms with Gasteiger partial charge in [-0.25, -0.2) is 0 Å². The molecule has 0 saturated carbocycles. The molecule has 0 aliphatic carbocycles. The lowest BCUT2D eigenvalue weighted by atomic mass is 10.1. The summed E-state index contributed by atoms with van der Waals surface area (Å²) in [6.45, 7) is 20.0. The minimum atomic E-state index is -0.0911. The maximum absolute atomic E-state index is 14.4. The first-order valence-electron chi connectivity index (χ1n) is 15.4. The lowest BCUT2D eigenvalue weighted by molar-refractivity contribution is 0.523. The average Bonchev–Trinajstić information content (AvgIpc) is 2.95. The molecule has 0 aliphatic rings. The number of hydrogen-bond donors (Lipinski definition) is 0. The van der Waals surface area contributed by atoms with E-state index >= 15 is 0 Å². The zero-order chi connectivity index (χ0) is 33.5. The Kier molecular flexibility index (Phi) is 11.7. The maximum atomic E-state index is 14.4. The summed E-state index contributed by atoms with van der Waals surface area (Å²) in [7, 11) is 0. The Morgan fingerprint density at radius 1 is 0.467 bits per heavy atom. The molecule has 6 heterocycles. The van der Waals surface area contributed by atoms with Crippen LogP contribution < -0.4 is 16.7 Å². The molecule has 6 nitrogen and oxygen atoms in total. The second kappa shape index (κ2) is 14.6. The summed E-state index contributed by atoms with van der Waals surface area (Å²) < 4.78 is 8.09. The molecule has 0 unspecified atom stereocenters. The van der Waals surface area contributed by atoms with Gasteiger partial charge in [-0.2, -0.15) is 0 Å². The van der Waals surface area contributed by atoms with Crippen LogP contribution in [0.25, 0.3) is 32.7 Å². The maximum Gasteiger partial charge on any atom is 0.258 e. The molecule has 0 N–H and O–H groups in total. The molecule has 9 aromatic rings. The van der Waals surface area contributed by atoms with Crippen molar-refractivity contribution >= 4 is 100 Å². The van der Waals surface area contributed by atoms with Crippen molar-refractivity contribution in [3.8, 4) is 0 Å². The van der Waals surface area contributed by atoms with Crippen LogP contribution in [0, 0.1) is 49.2 Å². The van der Waals surface area contributed by atoms with Gasteiger partial charge in [0, 0.05) is 46.5 Å². The summed E-state index contributed by atoms with van der Waals surface area (Å²) in [5.41, 5.74) is 4.56. The Labute approximate surface area is 306 Å². The molecule has 0 amide bonds. The van der Waals surface area contributed by atoms with E-state index in [1.807, 2.05) is 70.9 Å². The number of aromatic nitrogens is 3. The van der Waals surface area contributed by atoms with Crippen LogP contribution in [0.3, 0.4) is 0 Å². The van der Waals surface area contributed by atoms with Crippen molar-refractivity contribution in [3.05, 3.63) is 94.9 Å². The van der Waals surface area contributed by atoms with Crippen LogP contribution in [0.2, 0.25) is 0 Å². The fraction of sp³-hybridized carbons (Fsp3) is 0.417. The normalized spacial score (nSPS) is 11.8. The second-order valence-corrected chi connectivity index (χ2v) is 16.8. The van der Waals surface area contributed by atoms with Gasteiger partial charge in [0.25, 0.3) is 16.7 Å². The molecule has 9 heteroatoms. The standard InChI is InChI=1S/C36H42I3N3O3/c1-19(2)16-40-31-10-22(7)26(14-28(31)37)35(44)42(18-21(5)6)33-12-24(9)27(15-30(33)39)36(45)41(17-20(3)4)32-11-23(8)25(34(40)43)13-29(32)38/h10-15,19-21H,16-18H2,1-9H3. The molecular formula is C36H42I3N3O3. The van der Waals surface area contributed by atoms with Crippen LogP contribution in [0.1, 0.15) is 58.2 Å². The number of rotatable bonds is 6. The zero-order valence-corrected chi connectivity index (χ0v) is 34.0. The van der Waals surface area contributed by atoms with Gasteiger partial charge in [0.05, 0.1) is 16.6 Å². The third kappa shape index (κ3) is 7.71. The summed E-state index contributed by atoms with van der Waals surface area (Å²) in [6, 6.07) is 11.7. The Morgan fingerprint density at radius 3 is 0.889 bits per heavy atom. The van der Waals surface area contributed by atoms with Crippen LogP contribution in [-0.4, -0.2) is 13.7 Å². The number of hydrogen-bond acceptors (Lipinski definition) is 3. The van der Waals surface area contributed by atoms with Crippen LogP contribution in [0.15, 0.2) is 50.8 Å². The minimum absolute atomic E-state index is 0.0911. The minimum Gasteiger partial charge on any atom is -0.307 e. The molecule has 0 atom stereocenters. The summed E-state index contributed by atoms with van der Waals surface area (Å²) in [4.78, 5) is 43.2. The highest BCUT2D eigenvalue weighted by molar-refractivity contribution is 14.1. The first-order chi connectivity index (χ1) is 21.0. The first kappa shape index (κ1) is 36.1. The highest BCUT2D eigenvalue weighted by Gasteiger charge is 2.15. The van der Waals surface area contributed by atoms with Gasteiger partial charge >= 0.3 is 0 Å². The number of benzene rings is 3. The lowest BCUT2D eigenvalue weighted by Gasteiger charge is -2.16. The van der Waals surface area contributed by atoms with E-state index in [-0.39, 0.29) is 34.4 Å². The van der Waals surface area contributed by atoms with Gasteiger partial charge in [-0.05, 0) is 159 Å². The highest BCUT2D eigenvalue weighted by atomic mass is 127. The molecule has 9 rings (SSSR count). The van der Waals surface area contributed by atoms with Crippen molar-refractivity contribution in [1.29, 1.82) is 0 Å². The molecule has 0 aliphatic heterocycles. The van der Waals surface area contributed by atoms with Gasteiger partial charge in [0.2, 0.25) is 0 Å². The molecule has 0 radical (unpaired) electrons. The molecule has 0 fully saturated rings. The fourth-order valence-corrected chi connectivity index (χ4v) is 7.99. The van der Waals surface area contributed by atoms with Gasteiger partial charge in [-0.1, -0.05) is 41.5 Å². The van der Waals surface area contributed by atoms with E-state index in [0.717, 1.165) is 44.0 Å². The fourth-order valence-electron chi connectivity index (χ4n) is 5.71. The Bertz CT molecular complexity index is 1860. The summed E-state index contributed by atoms with van der Waals surface area (Å²) >= 11 is 6.79. The smallest absolute Gasteiger partial charge is 0.258 e. The summed E-state index contributed by atoms with van der Waals surface area (Å²) in [5, 5.41) is 1.82. The van der Waals surface area contributed by atoms with Gasteiger partial charge in [-0.15, -0.1) is 0 Å². The topological polar surface area (TPSA) is 66.0 Å². The SMILES string of the molecule is Cc1cc2c(I)cc1c(=O)n(CC(C)C)c1cc(C)c(cc1I)c(=O)n(CC(C)C)c1cc(C)c(cc1I)c(=O)n2CC(C)C. The summed E-state index contributed by atoms with van der Waals surface area (Å²) in [6.07, 6.45) is 0. The van der Waals surface area contributed by atoms with E-state index in [4.69, 9.17) is 0 Å². The number of aryl methyl sites for hydroxylation is 3. The molecule has 45 heavy (non-hydrogen) atoms. The van der Waals surface area contributed by atoms with Gasteiger partial charge in [0.15, 0.2) is 0 Å². The molecule has 6 bridgehead atoms. The van der Waals surface area contributed by atoms with E-state index in [9.17, 15) is 14.4 Å².